The number of amides is 3. The first kappa shape index (κ1) is 19.8. The number of hydrogen-bond acceptors (Lipinski definition) is 5. The molecular formula is C20H21N3O4S. The molecule has 0 radical (unpaired) electrons. The van der Waals surface area contributed by atoms with Crippen LogP contribution in [0.2, 0.25) is 0 Å². The molecule has 2 N–H and O–H groups in total. The number of thioether (sulfide) groups is 1. The first-order valence-corrected chi connectivity index (χ1v) is 9.85. The van der Waals surface area contributed by atoms with Gasteiger partial charge in [0.05, 0.1) is 18.7 Å². The van der Waals surface area contributed by atoms with Crippen LogP contribution < -0.4 is 15.4 Å². The number of carbonyl (C=O) groups is 3. The summed E-state index contributed by atoms with van der Waals surface area (Å²) in [6, 6.07) is 13.3. The molecule has 0 spiro atoms. The number of hydrogen-bond donors (Lipinski definition) is 2. The zero-order chi connectivity index (χ0) is 20.1. The molecule has 0 aliphatic carbocycles. The van der Waals surface area contributed by atoms with Crippen LogP contribution in [0, 0.1) is 0 Å². The van der Waals surface area contributed by atoms with Crippen LogP contribution >= 0.6 is 11.8 Å². The van der Waals surface area contributed by atoms with Crippen LogP contribution in [-0.2, 0) is 9.59 Å². The van der Waals surface area contributed by atoms with Crippen LogP contribution in [0.25, 0.3) is 0 Å². The molecule has 28 heavy (non-hydrogen) atoms. The van der Waals surface area contributed by atoms with E-state index in [9.17, 15) is 14.4 Å². The molecular weight excluding hydrogens is 378 g/mol. The lowest BCUT2D eigenvalue weighted by Crippen LogP contribution is -2.44. The lowest BCUT2D eigenvalue weighted by molar-refractivity contribution is -0.119. The summed E-state index contributed by atoms with van der Waals surface area (Å²) in [5.41, 5.74) is 1.53. The summed E-state index contributed by atoms with van der Waals surface area (Å²) in [5.74, 6) is 0.803. The van der Waals surface area contributed by atoms with Crippen molar-refractivity contribution in [2.45, 2.75) is 13.0 Å². The molecule has 1 fully saturated rings. The first-order chi connectivity index (χ1) is 13.5. The molecule has 3 rings (SSSR count). The molecule has 2 aromatic carbocycles. The Hall–Kier alpha value is -3.00. The third kappa shape index (κ3) is 4.45. The molecule has 0 aromatic heterocycles. The number of rotatable bonds is 5. The highest BCUT2D eigenvalue weighted by atomic mass is 32.2. The monoisotopic (exact) mass is 399 g/mol. The maximum absolute atomic E-state index is 12.8. The average Bonchev–Trinajstić information content (AvgIpc) is 3.18. The predicted molar refractivity (Wildman–Crippen MR) is 110 cm³/mol. The minimum Gasteiger partial charge on any atom is -0.495 e. The lowest BCUT2D eigenvalue weighted by atomic mass is 10.1. The van der Waals surface area contributed by atoms with Gasteiger partial charge >= 0.3 is 0 Å². The second-order valence-corrected chi connectivity index (χ2v) is 7.24. The van der Waals surface area contributed by atoms with E-state index in [2.05, 4.69) is 10.6 Å². The van der Waals surface area contributed by atoms with Crippen molar-refractivity contribution in [1.82, 2.24) is 4.90 Å². The van der Waals surface area contributed by atoms with Gasteiger partial charge in [-0.25, -0.2) is 0 Å². The summed E-state index contributed by atoms with van der Waals surface area (Å²) in [6.07, 6.45) is 0. The summed E-state index contributed by atoms with van der Waals surface area (Å²) in [6.45, 7) is 1.40. The molecule has 1 saturated heterocycles. The number of nitrogens with zero attached hydrogens (tertiary/aromatic N) is 1. The maximum atomic E-state index is 12.8. The highest BCUT2D eigenvalue weighted by molar-refractivity contribution is 7.99. The molecule has 7 nitrogen and oxygen atoms in total. The third-order valence-corrected chi connectivity index (χ3v) is 5.26. The standard InChI is InChI=1S/C20H21N3O4S/c1-13(24)21-16-10-15(8-9-18(16)27-2)22-19(25)17-11-28-12-23(17)20(26)14-6-4-3-5-7-14/h3-10,17H,11-12H2,1-2H3,(H,21,24)(H,22,25). The van der Waals surface area contributed by atoms with Crippen LogP contribution in [0.4, 0.5) is 11.4 Å². The van der Waals surface area contributed by atoms with Gasteiger partial charge in [0.25, 0.3) is 5.91 Å². The molecule has 3 amide bonds. The van der Waals surface area contributed by atoms with Crippen LogP contribution in [-0.4, -0.2) is 47.4 Å². The van der Waals surface area contributed by atoms with Crippen molar-refractivity contribution in [3.63, 3.8) is 0 Å². The van der Waals surface area contributed by atoms with Gasteiger partial charge in [-0.1, -0.05) is 18.2 Å². The molecule has 1 aliphatic rings. The van der Waals surface area contributed by atoms with E-state index < -0.39 is 6.04 Å². The SMILES string of the molecule is COc1ccc(NC(=O)C2CSCN2C(=O)c2ccccc2)cc1NC(C)=O. The van der Waals surface area contributed by atoms with Gasteiger partial charge in [0.15, 0.2) is 0 Å². The quantitative estimate of drug-likeness (QED) is 0.807. The fourth-order valence-electron chi connectivity index (χ4n) is 2.91. The zero-order valence-electron chi connectivity index (χ0n) is 15.6. The topological polar surface area (TPSA) is 87.7 Å². The fourth-order valence-corrected chi connectivity index (χ4v) is 4.06. The van der Waals surface area contributed by atoms with Gasteiger partial charge < -0.3 is 20.3 Å². The van der Waals surface area contributed by atoms with Crippen molar-refractivity contribution in [3.8, 4) is 5.75 Å². The lowest BCUT2D eigenvalue weighted by Gasteiger charge is -2.23. The number of anilines is 2. The normalized spacial score (nSPS) is 15.8. The first-order valence-electron chi connectivity index (χ1n) is 8.70. The number of ether oxygens (including phenoxy) is 1. The Kier molecular flexibility index (Phi) is 6.20. The highest BCUT2D eigenvalue weighted by Gasteiger charge is 2.35. The van der Waals surface area contributed by atoms with E-state index in [1.807, 2.05) is 6.07 Å². The van der Waals surface area contributed by atoms with Gasteiger partial charge in [-0.05, 0) is 30.3 Å². The van der Waals surface area contributed by atoms with Crippen molar-refractivity contribution >= 4 is 40.9 Å². The number of benzene rings is 2. The van der Waals surface area contributed by atoms with Crippen LogP contribution in [0.5, 0.6) is 5.75 Å². The van der Waals surface area contributed by atoms with Crippen LogP contribution in [0.15, 0.2) is 48.5 Å². The Balaban J connectivity index is 1.75. The van der Waals surface area contributed by atoms with E-state index in [4.69, 9.17) is 4.74 Å². The largest absolute Gasteiger partial charge is 0.495 e. The number of nitrogens with one attached hydrogen (secondary N) is 2. The Bertz CT molecular complexity index is 888. The van der Waals surface area contributed by atoms with E-state index >= 15 is 0 Å². The van der Waals surface area contributed by atoms with E-state index in [1.165, 1.54) is 25.8 Å². The Morgan fingerprint density at radius 2 is 1.86 bits per heavy atom. The molecule has 8 heteroatoms. The van der Waals surface area contributed by atoms with Gasteiger partial charge in [0, 0.05) is 23.9 Å². The summed E-state index contributed by atoms with van der Waals surface area (Å²) in [5, 5.41) is 5.50. The van der Waals surface area contributed by atoms with E-state index in [1.54, 1.807) is 47.4 Å². The minimum atomic E-state index is -0.566. The van der Waals surface area contributed by atoms with Crippen LogP contribution in [0.3, 0.4) is 0 Å². The maximum Gasteiger partial charge on any atom is 0.255 e. The molecule has 0 bridgehead atoms. The number of carbonyl (C=O) groups excluding carboxylic acids is 3. The van der Waals surface area contributed by atoms with E-state index in [0.29, 0.717) is 34.3 Å². The molecule has 146 valence electrons. The summed E-state index contributed by atoms with van der Waals surface area (Å²) in [4.78, 5) is 38.5. The van der Waals surface area contributed by atoms with E-state index in [-0.39, 0.29) is 17.7 Å². The van der Waals surface area contributed by atoms with Gasteiger partial charge in [-0.3, -0.25) is 14.4 Å². The van der Waals surface area contributed by atoms with Gasteiger partial charge in [-0.15, -0.1) is 11.8 Å². The van der Waals surface area contributed by atoms with Crippen molar-refractivity contribution in [1.29, 1.82) is 0 Å². The summed E-state index contributed by atoms with van der Waals surface area (Å²) < 4.78 is 5.22. The summed E-state index contributed by atoms with van der Waals surface area (Å²) >= 11 is 1.54. The highest BCUT2D eigenvalue weighted by Crippen LogP contribution is 2.29. The summed E-state index contributed by atoms with van der Waals surface area (Å²) in [7, 11) is 1.50. The zero-order valence-corrected chi connectivity index (χ0v) is 16.4. The molecule has 0 saturated carbocycles. The predicted octanol–water partition coefficient (Wildman–Crippen LogP) is 2.81. The minimum absolute atomic E-state index is 0.167. The Morgan fingerprint density at radius 3 is 2.54 bits per heavy atom. The molecule has 1 heterocycles. The molecule has 1 unspecified atom stereocenters. The third-order valence-electron chi connectivity index (χ3n) is 4.24. The van der Waals surface area contributed by atoms with Gasteiger partial charge in [-0.2, -0.15) is 0 Å². The smallest absolute Gasteiger partial charge is 0.255 e. The average molecular weight is 399 g/mol. The van der Waals surface area contributed by atoms with Crippen molar-refractivity contribution in [3.05, 3.63) is 54.1 Å². The number of methoxy groups -OCH3 is 1. The van der Waals surface area contributed by atoms with Crippen LogP contribution in [0.1, 0.15) is 17.3 Å². The molecule has 1 atom stereocenters. The van der Waals surface area contributed by atoms with Gasteiger partial charge in [0.1, 0.15) is 11.8 Å². The van der Waals surface area contributed by atoms with Gasteiger partial charge in [0.2, 0.25) is 11.8 Å². The van der Waals surface area contributed by atoms with E-state index in [0.717, 1.165) is 0 Å². The Morgan fingerprint density at radius 1 is 1.11 bits per heavy atom. The Labute approximate surface area is 167 Å². The molecule has 2 aromatic rings. The fraction of sp³-hybridized carbons (Fsp3) is 0.250. The second kappa shape index (κ2) is 8.79. The van der Waals surface area contributed by atoms with Crippen molar-refractivity contribution < 1.29 is 19.1 Å². The van der Waals surface area contributed by atoms with Crippen molar-refractivity contribution in [2.75, 3.05) is 29.4 Å². The van der Waals surface area contributed by atoms with Crippen molar-refractivity contribution in [2.24, 2.45) is 0 Å². The second-order valence-electron chi connectivity index (χ2n) is 6.24. The molecule has 1 aliphatic heterocycles.